The van der Waals surface area contributed by atoms with E-state index in [1.807, 2.05) is 24.3 Å². The molecule has 1 aromatic carbocycles. The topological polar surface area (TPSA) is 95.1 Å². The van der Waals surface area contributed by atoms with Crippen molar-refractivity contribution >= 4 is 18.3 Å². The largest absolute Gasteiger partial charge is 0.364 e. The number of rotatable bonds is 5. The van der Waals surface area contributed by atoms with Crippen molar-refractivity contribution in [1.29, 1.82) is 0 Å². The highest BCUT2D eigenvalue weighted by molar-refractivity contribution is 5.85. The molecule has 0 saturated carbocycles. The SMILES string of the molecule is Cl.NC[C@H]1CC[C@@H](C(=O)NCc2cccc(-n3cncn3)c2)O1. The molecule has 8 heteroatoms. The summed E-state index contributed by atoms with van der Waals surface area (Å²) in [5, 5.41) is 7.00. The minimum atomic E-state index is -0.382. The van der Waals surface area contributed by atoms with Crippen molar-refractivity contribution in [2.24, 2.45) is 5.73 Å². The number of hydrogen-bond donors (Lipinski definition) is 2. The second-order valence-corrected chi connectivity index (χ2v) is 5.29. The van der Waals surface area contributed by atoms with Gasteiger partial charge in [-0.05, 0) is 30.5 Å². The van der Waals surface area contributed by atoms with Crippen molar-refractivity contribution in [2.45, 2.75) is 31.6 Å². The lowest BCUT2D eigenvalue weighted by molar-refractivity contribution is -0.132. The number of carbonyl (C=O) groups excluding carboxylic acids is 1. The first-order chi connectivity index (χ1) is 10.8. The van der Waals surface area contributed by atoms with Crippen molar-refractivity contribution in [2.75, 3.05) is 6.54 Å². The van der Waals surface area contributed by atoms with Crippen LogP contribution in [-0.4, -0.2) is 39.4 Å². The summed E-state index contributed by atoms with van der Waals surface area (Å²) in [6, 6.07) is 7.78. The normalized spacial score (nSPS) is 20.0. The van der Waals surface area contributed by atoms with Crippen LogP contribution in [0.3, 0.4) is 0 Å². The van der Waals surface area contributed by atoms with Gasteiger partial charge in [0.2, 0.25) is 5.91 Å². The minimum absolute atomic E-state index is 0. The van der Waals surface area contributed by atoms with Gasteiger partial charge in [-0.25, -0.2) is 9.67 Å². The fourth-order valence-corrected chi connectivity index (χ4v) is 2.53. The highest BCUT2D eigenvalue weighted by Crippen LogP contribution is 2.19. The summed E-state index contributed by atoms with van der Waals surface area (Å²) in [7, 11) is 0. The van der Waals surface area contributed by atoms with Crippen LogP contribution in [0.2, 0.25) is 0 Å². The van der Waals surface area contributed by atoms with Crippen LogP contribution in [0, 0.1) is 0 Å². The Morgan fingerprint density at radius 3 is 3.00 bits per heavy atom. The lowest BCUT2D eigenvalue weighted by Gasteiger charge is -2.13. The van der Waals surface area contributed by atoms with Gasteiger partial charge in [0, 0.05) is 13.1 Å². The van der Waals surface area contributed by atoms with E-state index in [2.05, 4.69) is 15.4 Å². The van der Waals surface area contributed by atoms with Crippen molar-refractivity contribution in [1.82, 2.24) is 20.1 Å². The third kappa shape index (κ3) is 4.28. The standard InChI is InChI=1S/C15H19N5O2.ClH/c16-7-13-4-5-14(22-13)15(21)18-8-11-2-1-3-12(6-11)20-10-17-9-19-20;/h1-3,6,9-10,13-14H,4-5,7-8,16H2,(H,18,21);1H/t13-,14+;/m1./s1. The zero-order chi connectivity index (χ0) is 15.4. The Hall–Kier alpha value is -1.96. The van der Waals surface area contributed by atoms with Gasteiger partial charge in [-0.1, -0.05) is 12.1 Å². The molecule has 0 aliphatic carbocycles. The molecular weight excluding hydrogens is 318 g/mol. The van der Waals surface area contributed by atoms with E-state index < -0.39 is 0 Å². The summed E-state index contributed by atoms with van der Waals surface area (Å²) >= 11 is 0. The van der Waals surface area contributed by atoms with Gasteiger partial charge in [0.05, 0.1) is 11.8 Å². The molecule has 124 valence electrons. The molecule has 1 fully saturated rings. The first kappa shape index (κ1) is 17.4. The molecule has 0 unspecified atom stereocenters. The molecule has 1 aliphatic rings. The van der Waals surface area contributed by atoms with Crippen molar-refractivity contribution in [3.05, 3.63) is 42.5 Å². The van der Waals surface area contributed by atoms with Crippen LogP contribution in [0.1, 0.15) is 18.4 Å². The number of aromatic nitrogens is 3. The van der Waals surface area contributed by atoms with E-state index >= 15 is 0 Å². The first-order valence-corrected chi connectivity index (χ1v) is 7.33. The van der Waals surface area contributed by atoms with Gasteiger partial charge < -0.3 is 15.8 Å². The Balaban J connectivity index is 0.00000192. The van der Waals surface area contributed by atoms with Gasteiger partial charge >= 0.3 is 0 Å². The monoisotopic (exact) mass is 337 g/mol. The van der Waals surface area contributed by atoms with E-state index in [1.165, 1.54) is 6.33 Å². The average molecular weight is 338 g/mol. The van der Waals surface area contributed by atoms with Gasteiger partial charge in [0.1, 0.15) is 18.8 Å². The zero-order valence-corrected chi connectivity index (χ0v) is 13.4. The van der Waals surface area contributed by atoms with Crippen molar-refractivity contribution in [3.63, 3.8) is 0 Å². The number of ether oxygens (including phenoxy) is 1. The van der Waals surface area contributed by atoms with Gasteiger partial charge in [-0.3, -0.25) is 4.79 Å². The number of carbonyl (C=O) groups is 1. The predicted molar refractivity (Wildman–Crippen MR) is 87.4 cm³/mol. The highest BCUT2D eigenvalue weighted by Gasteiger charge is 2.29. The minimum Gasteiger partial charge on any atom is -0.364 e. The summed E-state index contributed by atoms with van der Waals surface area (Å²) in [5.41, 5.74) is 7.46. The number of nitrogens with two attached hydrogens (primary N) is 1. The molecule has 23 heavy (non-hydrogen) atoms. The van der Waals surface area contributed by atoms with Crippen LogP contribution < -0.4 is 11.1 Å². The smallest absolute Gasteiger partial charge is 0.249 e. The number of hydrogen-bond acceptors (Lipinski definition) is 5. The van der Waals surface area contributed by atoms with E-state index in [4.69, 9.17) is 10.5 Å². The summed E-state index contributed by atoms with van der Waals surface area (Å²) in [6.07, 6.45) is 4.32. The quantitative estimate of drug-likeness (QED) is 0.842. The summed E-state index contributed by atoms with van der Waals surface area (Å²) in [4.78, 5) is 16.0. The molecule has 2 heterocycles. The van der Waals surface area contributed by atoms with Gasteiger partial charge in [-0.2, -0.15) is 5.10 Å². The molecular formula is C15H20ClN5O2. The molecule has 1 aromatic heterocycles. The van der Waals surface area contributed by atoms with Crippen LogP contribution in [-0.2, 0) is 16.1 Å². The Kier molecular flexibility index (Phi) is 6.09. The van der Waals surface area contributed by atoms with Crippen LogP contribution >= 0.6 is 12.4 Å². The molecule has 0 radical (unpaired) electrons. The van der Waals surface area contributed by atoms with Crippen LogP contribution in [0.4, 0.5) is 0 Å². The van der Waals surface area contributed by atoms with Gasteiger partial charge in [0.15, 0.2) is 0 Å². The summed E-state index contributed by atoms with van der Waals surface area (Å²) in [6.45, 7) is 0.915. The fraction of sp³-hybridized carbons (Fsp3) is 0.400. The Bertz CT molecular complexity index is 635. The number of nitrogens with zero attached hydrogens (tertiary/aromatic N) is 3. The van der Waals surface area contributed by atoms with E-state index in [0.29, 0.717) is 13.1 Å². The van der Waals surface area contributed by atoms with Gasteiger partial charge in [-0.15, -0.1) is 12.4 Å². The Morgan fingerprint density at radius 2 is 2.30 bits per heavy atom. The van der Waals surface area contributed by atoms with E-state index in [9.17, 15) is 4.79 Å². The molecule has 2 atom stereocenters. The number of amides is 1. The highest BCUT2D eigenvalue weighted by atomic mass is 35.5. The van der Waals surface area contributed by atoms with E-state index in [-0.39, 0.29) is 30.5 Å². The summed E-state index contributed by atoms with van der Waals surface area (Å²) in [5.74, 6) is -0.0814. The third-order valence-electron chi connectivity index (χ3n) is 3.72. The summed E-state index contributed by atoms with van der Waals surface area (Å²) < 4.78 is 7.26. The molecule has 0 spiro atoms. The van der Waals surface area contributed by atoms with Crippen LogP contribution in [0.5, 0.6) is 0 Å². The first-order valence-electron chi connectivity index (χ1n) is 7.33. The Labute approximate surface area is 140 Å². The Morgan fingerprint density at radius 1 is 1.43 bits per heavy atom. The maximum atomic E-state index is 12.1. The molecule has 2 aromatic rings. The van der Waals surface area contributed by atoms with Crippen molar-refractivity contribution < 1.29 is 9.53 Å². The lowest BCUT2D eigenvalue weighted by Crippen LogP contribution is -2.35. The molecule has 3 N–H and O–H groups in total. The molecule has 7 nitrogen and oxygen atoms in total. The fourth-order valence-electron chi connectivity index (χ4n) is 2.53. The molecule has 3 rings (SSSR count). The van der Waals surface area contributed by atoms with E-state index in [0.717, 1.165) is 24.1 Å². The predicted octanol–water partition coefficient (Wildman–Crippen LogP) is 0.812. The van der Waals surface area contributed by atoms with Crippen LogP contribution in [0.15, 0.2) is 36.9 Å². The number of benzene rings is 1. The maximum absolute atomic E-state index is 12.1. The molecule has 1 saturated heterocycles. The average Bonchev–Trinajstić information content (AvgIpc) is 3.24. The molecule has 1 amide bonds. The zero-order valence-electron chi connectivity index (χ0n) is 12.6. The van der Waals surface area contributed by atoms with Gasteiger partial charge in [0.25, 0.3) is 0 Å². The number of halogens is 1. The number of nitrogens with one attached hydrogen (secondary N) is 1. The van der Waals surface area contributed by atoms with Crippen molar-refractivity contribution in [3.8, 4) is 5.69 Å². The molecule has 0 bridgehead atoms. The second kappa shape index (κ2) is 8.05. The maximum Gasteiger partial charge on any atom is 0.249 e. The van der Waals surface area contributed by atoms with Crippen LogP contribution in [0.25, 0.3) is 5.69 Å². The third-order valence-corrected chi connectivity index (χ3v) is 3.72. The second-order valence-electron chi connectivity index (χ2n) is 5.29. The molecule has 1 aliphatic heterocycles. The lowest BCUT2D eigenvalue weighted by atomic mass is 10.1. The van der Waals surface area contributed by atoms with E-state index in [1.54, 1.807) is 11.0 Å².